The molecule has 23 heavy (non-hydrogen) atoms. The highest BCUT2D eigenvalue weighted by Crippen LogP contribution is 2.29. The number of carbonyl (C=O) groups is 1. The maximum absolute atomic E-state index is 11.0. The van der Waals surface area contributed by atoms with Crippen LogP contribution in [-0.4, -0.2) is 20.9 Å². The fourth-order valence-electron chi connectivity index (χ4n) is 1.82. The van der Waals surface area contributed by atoms with Crippen molar-refractivity contribution < 1.29 is 19.7 Å². The molecule has 0 heterocycles. The largest absolute Gasteiger partial charge is 0.478 e. The Balaban J connectivity index is 2.23. The van der Waals surface area contributed by atoms with Crippen molar-refractivity contribution in [3.05, 3.63) is 73.8 Å². The van der Waals surface area contributed by atoms with E-state index in [-0.39, 0.29) is 16.9 Å². The fourth-order valence-corrected chi connectivity index (χ4v) is 2.75. The van der Waals surface area contributed by atoms with Gasteiger partial charge in [0.2, 0.25) is 0 Å². The molecule has 8 nitrogen and oxygen atoms in total. The first-order valence-electron chi connectivity index (χ1n) is 6.26. The Morgan fingerprint density at radius 1 is 1.04 bits per heavy atom. The van der Waals surface area contributed by atoms with Gasteiger partial charge in [0, 0.05) is 34.9 Å². The summed E-state index contributed by atoms with van der Waals surface area (Å²) in [6, 6.07) is 9.59. The van der Waals surface area contributed by atoms with Gasteiger partial charge in [-0.1, -0.05) is 12.1 Å². The van der Waals surface area contributed by atoms with Crippen LogP contribution in [0.4, 0.5) is 11.4 Å². The van der Waals surface area contributed by atoms with Crippen molar-refractivity contribution in [2.75, 3.05) is 0 Å². The molecule has 0 bridgehead atoms. The summed E-state index contributed by atoms with van der Waals surface area (Å²) in [5.74, 6) is -0.937. The van der Waals surface area contributed by atoms with Crippen LogP contribution in [0.2, 0.25) is 0 Å². The summed E-state index contributed by atoms with van der Waals surface area (Å²) in [6.45, 7) is 0. The van der Waals surface area contributed by atoms with Crippen LogP contribution >= 0.6 is 11.8 Å². The molecule has 0 saturated heterocycles. The molecule has 0 radical (unpaired) electrons. The summed E-state index contributed by atoms with van der Waals surface area (Å²) in [7, 11) is 0. The van der Waals surface area contributed by atoms with Gasteiger partial charge in [0.25, 0.3) is 11.4 Å². The number of hydrogen-bond donors (Lipinski definition) is 1. The normalized spacial score (nSPS) is 10.3. The molecule has 0 saturated carbocycles. The highest BCUT2D eigenvalue weighted by molar-refractivity contribution is 7.98. The number of nitro benzene ring substituents is 2. The van der Waals surface area contributed by atoms with Gasteiger partial charge in [-0.3, -0.25) is 20.2 Å². The van der Waals surface area contributed by atoms with Crippen molar-refractivity contribution in [3.63, 3.8) is 0 Å². The second-order valence-corrected chi connectivity index (χ2v) is 5.54. The van der Waals surface area contributed by atoms with E-state index in [0.717, 1.165) is 6.07 Å². The molecule has 0 spiro atoms. The predicted molar refractivity (Wildman–Crippen MR) is 82.7 cm³/mol. The van der Waals surface area contributed by atoms with Gasteiger partial charge in [0.05, 0.1) is 15.4 Å². The van der Waals surface area contributed by atoms with Crippen LogP contribution in [0.15, 0.2) is 47.4 Å². The Morgan fingerprint density at radius 2 is 1.74 bits per heavy atom. The summed E-state index contributed by atoms with van der Waals surface area (Å²) >= 11 is 1.17. The zero-order valence-electron chi connectivity index (χ0n) is 11.5. The predicted octanol–water partition coefficient (Wildman–Crippen LogP) is 3.49. The molecule has 2 aromatic rings. The first-order chi connectivity index (χ1) is 10.9. The number of nitrogens with zero attached hydrogens (tertiary/aromatic N) is 2. The van der Waals surface area contributed by atoms with E-state index in [2.05, 4.69) is 0 Å². The van der Waals surface area contributed by atoms with Crippen LogP contribution in [0.5, 0.6) is 0 Å². The van der Waals surface area contributed by atoms with Crippen LogP contribution in [0.3, 0.4) is 0 Å². The van der Waals surface area contributed by atoms with Crippen LogP contribution in [-0.2, 0) is 5.75 Å². The van der Waals surface area contributed by atoms with Gasteiger partial charge < -0.3 is 5.11 Å². The molecular weight excluding hydrogens is 324 g/mol. The van der Waals surface area contributed by atoms with Crippen molar-refractivity contribution in [1.82, 2.24) is 0 Å². The third-order valence-electron chi connectivity index (χ3n) is 2.88. The first kappa shape index (κ1) is 16.4. The zero-order valence-corrected chi connectivity index (χ0v) is 12.4. The van der Waals surface area contributed by atoms with E-state index in [9.17, 15) is 25.0 Å². The minimum absolute atomic E-state index is 0.0478. The smallest absolute Gasteiger partial charge is 0.335 e. The molecule has 0 amide bonds. The maximum atomic E-state index is 11.0. The molecule has 2 rings (SSSR count). The van der Waals surface area contributed by atoms with Crippen molar-refractivity contribution in [3.8, 4) is 0 Å². The maximum Gasteiger partial charge on any atom is 0.335 e. The lowest BCUT2D eigenvalue weighted by molar-refractivity contribution is -0.385. The molecule has 0 aliphatic heterocycles. The molecule has 0 unspecified atom stereocenters. The Kier molecular flexibility index (Phi) is 4.91. The lowest BCUT2D eigenvalue weighted by atomic mass is 10.2. The number of non-ortho nitro benzene ring substituents is 2. The topological polar surface area (TPSA) is 124 Å². The van der Waals surface area contributed by atoms with Crippen molar-refractivity contribution in [2.24, 2.45) is 0 Å². The lowest BCUT2D eigenvalue weighted by Gasteiger charge is -2.04. The van der Waals surface area contributed by atoms with E-state index in [0.29, 0.717) is 16.2 Å². The van der Waals surface area contributed by atoms with E-state index in [1.807, 2.05) is 0 Å². The van der Waals surface area contributed by atoms with E-state index in [1.165, 1.54) is 36.0 Å². The van der Waals surface area contributed by atoms with Gasteiger partial charge in [0.1, 0.15) is 0 Å². The minimum Gasteiger partial charge on any atom is -0.478 e. The Morgan fingerprint density at radius 3 is 2.35 bits per heavy atom. The number of carboxylic acids is 1. The average molecular weight is 334 g/mol. The number of aromatic carboxylic acids is 1. The van der Waals surface area contributed by atoms with Crippen LogP contribution < -0.4 is 0 Å². The number of rotatable bonds is 6. The molecule has 9 heteroatoms. The standard InChI is InChI=1S/C14H10N2O6S/c17-14(18)10-5-12(16(21)22)7-13(6-10)23-8-9-2-1-3-11(4-9)15(19)20/h1-7H,8H2,(H,17,18). The number of nitro groups is 2. The van der Waals surface area contributed by atoms with Crippen LogP contribution in [0, 0.1) is 20.2 Å². The van der Waals surface area contributed by atoms with E-state index < -0.39 is 15.8 Å². The van der Waals surface area contributed by atoms with Gasteiger partial charge in [0.15, 0.2) is 0 Å². The second kappa shape index (κ2) is 6.88. The molecule has 118 valence electrons. The van der Waals surface area contributed by atoms with E-state index in [4.69, 9.17) is 5.11 Å². The quantitative estimate of drug-likeness (QED) is 0.487. The van der Waals surface area contributed by atoms with Crippen molar-refractivity contribution >= 4 is 29.1 Å². The molecule has 0 fully saturated rings. The molecule has 0 aliphatic rings. The van der Waals surface area contributed by atoms with Crippen molar-refractivity contribution in [1.29, 1.82) is 0 Å². The number of benzene rings is 2. The molecule has 0 atom stereocenters. The summed E-state index contributed by atoms with van der Waals surface area (Å²) in [4.78, 5) is 31.8. The van der Waals surface area contributed by atoms with Crippen molar-refractivity contribution in [2.45, 2.75) is 10.6 Å². The molecular formula is C14H10N2O6S. The SMILES string of the molecule is O=C(O)c1cc(SCc2cccc([N+](=O)[O-])c2)cc([N+](=O)[O-])c1. The van der Waals surface area contributed by atoms with Crippen LogP contribution in [0.1, 0.15) is 15.9 Å². The van der Waals surface area contributed by atoms with E-state index >= 15 is 0 Å². The molecule has 0 aliphatic carbocycles. The number of carboxylic acid groups (broad SMARTS) is 1. The minimum atomic E-state index is -1.26. The monoisotopic (exact) mass is 334 g/mol. The summed E-state index contributed by atoms with van der Waals surface area (Å²) in [5.41, 5.74) is 0.119. The Hall–Kier alpha value is -2.94. The lowest BCUT2D eigenvalue weighted by Crippen LogP contribution is -1.99. The molecule has 2 aromatic carbocycles. The van der Waals surface area contributed by atoms with Gasteiger partial charge in [-0.15, -0.1) is 11.8 Å². The van der Waals surface area contributed by atoms with E-state index in [1.54, 1.807) is 12.1 Å². The summed E-state index contributed by atoms with van der Waals surface area (Å²) in [5, 5.41) is 30.6. The Bertz CT molecular complexity index is 760. The third-order valence-corrected chi connectivity index (χ3v) is 3.92. The molecule has 1 N–H and O–H groups in total. The van der Waals surface area contributed by atoms with Crippen LogP contribution in [0.25, 0.3) is 0 Å². The summed E-state index contributed by atoms with van der Waals surface area (Å²) in [6.07, 6.45) is 0. The second-order valence-electron chi connectivity index (χ2n) is 4.49. The fraction of sp³-hybridized carbons (Fsp3) is 0.0714. The van der Waals surface area contributed by atoms with Gasteiger partial charge >= 0.3 is 5.97 Å². The van der Waals surface area contributed by atoms with Gasteiger partial charge in [-0.05, 0) is 11.6 Å². The average Bonchev–Trinajstić information content (AvgIpc) is 2.52. The zero-order chi connectivity index (χ0) is 17.0. The molecule has 0 aromatic heterocycles. The third kappa shape index (κ3) is 4.27. The first-order valence-corrected chi connectivity index (χ1v) is 7.24. The van der Waals surface area contributed by atoms with Gasteiger partial charge in [-0.25, -0.2) is 4.79 Å². The number of thioether (sulfide) groups is 1. The Labute approximate surface area is 134 Å². The highest BCUT2D eigenvalue weighted by Gasteiger charge is 2.14. The summed E-state index contributed by atoms with van der Waals surface area (Å²) < 4.78 is 0. The highest BCUT2D eigenvalue weighted by atomic mass is 32.2. The van der Waals surface area contributed by atoms with Gasteiger partial charge in [-0.2, -0.15) is 0 Å². The number of hydrogen-bond acceptors (Lipinski definition) is 6.